The van der Waals surface area contributed by atoms with Gasteiger partial charge in [0.1, 0.15) is 0 Å². The van der Waals surface area contributed by atoms with Crippen LogP contribution < -0.4 is 5.73 Å². The molecule has 16 heavy (non-hydrogen) atoms. The van der Waals surface area contributed by atoms with Gasteiger partial charge in [-0.2, -0.15) is 0 Å². The van der Waals surface area contributed by atoms with Crippen molar-refractivity contribution in [2.45, 2.75) is 31.9 Å². The van der Waals surface area contributed by atoms with E-state index in [1.54, 1.807) is 7.11 Å². The molecule has 1 atom stereocenters. The molecular weight excluding hydrogens is 222 g/mol. The molecule has 2 heterocycles. The summed E-state index contributed by atoms with van der Waals surface area (Å²) in [7, 11) is 1.80. The van der Waals surface area contributed by atoms with Gasteiger partial charge >= 0.3 is 0 Å². The third kappa shape index (κ3) is 2.72. The summed E-state index contributed by atoms with van der Waals surface area (Å²) in [5.41, 5.74) is 6.70. The van der Waals surface area contributed by atoms with Gasteiger partial charge in [0, 0.05) is 25.6 Å². The number of ether oxygens (including phenoxy) is 1. The zero-order valence-electron chi connectivity index (χ0n) is 9.90. The summed E-state index contributed by atoms with van der Waals surface area (Å²) in [6, 6.07) is 0. The van der Waals surface area contributed by atoms with Crippen molar-refractivity contribution in [3.05, 3.63) is 11.1 Å². The molecule has 90 valence electrons. The first-order valence-electron chi connectivity index (χ1n) is 5.59. The normalized spacial score (nSPS) is 27.1. The minimum atomic E-state index is -0.000182. The molecule has 1 saturated heterocycles. The van der Waals surface area contributed by atoms with Crippen LogP contribution in [0.2, 0.25) is 0 Å². The summed E-state index contributed by atoms with van der Waals surface area (Å²) in [4.78, 5) is 6.68. The first-order chi connectivity index (χ1) is 7.61. The van der Waals surface area contributed by atoms with E-state index in [2.05, 4.69) is 16.8 Å². The fourth-order valence-corrected chi connectivity index (χ4v) is 2.79. The number of nitrogens with two attached hydrogens (primary N) is 1. The number of hydrogen-bond acceptors (Lipinski definition) is 5. The van der Waals surface area contributed by atoms with Crippen molar-refractivity contribution < 1.29 is 4.74 Å². The topological polar surface area (TPSA) is 51.4 Å². The molecule has 1 aliphatic heterocycles. The first-order valence-corrected chi connectivity index (χ1v) is 6.47. The van der Waals surface area contributed by atoms with Crippen LogP contribution in [-0.4, -0.2) is 35.7 Å². The van der Waals surface area contributed by atoms with Gasteiger partial charge in [-0.1, -0.05) is 0 Å². The van der Waals surface area contributed by atoms with E-state index in [4.69, 9.17) is 10.5 Å². The van der Waals surface area contributed by atoms with E-state index in [1.807, 2.05) is 5.38 Å². The van der Waals surface area contributed by atoms with Crippen LogP contribution in [0.25, 0.3) is 0 Å². The number of piperidine rings is 1. The highest BCUT2D eigenvalue weighted by Gasteiger charge is 2.30. The molecule has 2 N–H and O–H groups in total. The molecule has 0 amide bonds. The zero-order valence-corrected chi connectivity index (χ0v) is 10.7. The number of likely N-dealkylation sites (tertiary alicyclic amines) is 1. The van der Waals surface area contributed by atoms with Gasteiger partial charge in [-0.05, 0) is 26.3 Å². The summed E-state index contributed by atoms with van der Waals surface area (Å²) < 4.78 is 5.57. The highest BCUT2D eigenvalue weighted by Crippen LogP contribution is 2.25. The van der Waals surface area contributed by atoms with Crippen LogP contribution >= 0.6 is 11.3 Å². The number of aromatic nitrogens is 1. The third-order valence-corrected chi connectivity index (χ3v) is 3.91. The first kappa shape index (κ1) is 11.8. The van der Waals surface area contributed by atoms with Gasteiger partial charge in [0.05, 0.1) is 11.3 Å². The van der Waals surface area contributed by atoms with Gasteiger partial charge in [0.15, 0.2) is 5.13 Å². The van der Waals surface area contributed by atoms with Crippen LogP contribution in [0.5, 0.6) is 0 Å². The quantitative estimate of drug-likeness (QED) is 0.875. The molecule has 0 spiro atoms. The molecule has 1 fully saturated rings. The number of methoxy groups -OCH3 is 1. The van der Waals surface area contributed by atoms with Crippen molar-refractivity contribution >= 4 is 16.5 Å². The lowest BCUT2D eigenvalue weighted by Gasteiger charge is -2.39. The number of rotatable bonds is 3. The molecule has 1 aromatic heterocycles. The van der Waals surface area contributed by atoms with Crippen molar-refractivity contribution in [1.82, 2.24) is 9.88 Å². The lowest BCUT2D eigenvalue weighted by Crippen LogP contribution is -2.46. The lowest BCUT2D eigenvalue weighted by atomic mass is 9.95. The van der Waals surface area contributed by atoms with Crippen LogP contribution in [-0.2, 0) is 11.3 Å². The van der Waals surface area contributed by atoms with Crippen molar-refractivity contribution in [2.75, 3.05) is 25.9 Å². The number of nitrogen functional groups attached to an aromatic ring is 1. The predicted octanol–water partition coefficient (Wildman–Crippen LogP) is 1.73. The summed E-state index contributed by atoms with van der Waals surface area (Å²) in [6.45, 7) is 5.15. The summed E-state index contributed by atoms with van der Waals surface area (Å²) in [6.07, 6.45) is 2.32. The number of hydrogen-bond donors (Lipinski definition) is 1. The molecule has 0 aromatic carbocycles. The van der Waals surface area contributed by atoms with Crippen LogP contribution in [0.4, 0.5) is 5.13 Å². The fourth-order valence-electron chi connectivity index (χ4n) is 2.23. The van der Waals surface area contributed by atoms with Gasteiger partial charge in [0.25, 0.3) is 0 Å². The molecule has 1 aliphatic rings. The van der Waals surface area contributed by atoms with E-state index in [-0.39, 0.29) is 5.60 Å². The van der Waals surface area contributed by atoms with Crippen LogP contribution in [0.15, 0.2) is 5.38 Å². The molecule has 0 aliphatic carbocycles. The molecule has 5 heteroatoms. The highest BCUT2D eigenvalue weighted by molar-refractivity contribution is 7.13. The largest absolute Gasteiger partial charge is 0.377 e. The average molecular weight is 241 g/mol. The van der Waals surface area contributed by atoms with Crippen LogP contribution in [0, 0.1) is 0 Å². The van der Waals surface area contributed by atoms with E-state index < -0.39 is 0 Å². The van der Waals surface area contributed by atoms with Crippen molar-refractivity contribution in [1.29, 1.82) is 0 Å². The lowest BCUT2D eigenvalue weighted by molar-refractivity contribution is -0.0529. The number of thiazole rings is 1. The fraction of sp³-hybridized carbons (Fsp3) is 0.727. The minimum absolute atomic E-state index is 0.000182. The molecule has 1 aromatic rings. The second-order valence-electron chi connectivity index (χ2n) is 4.65. The van der Waals surface area contributed by atoms with Crippen LogP contribution in [0.1, 0.15) is 25.5 Å². The zero-order chi connectivity index (χ0) is 11.6. The Morgan fingerprint density at radius 3 is 3.12 bits per heavy atom. The molecular formula is C11H19N3OS. The Balaban J connectivity index is 1.95. The van der Waals surface area contributed by atoms with Gasteiger partial charge < -0.3 is 10.5 Å². The van der Waals surface area contributed by atoms with Gasteiger partial charge in [-0.25, -0.2) is 4.98 Å². The van der Waals surface area contributed by atoms with E-state index in [0.717, 1.165) is 31.7 Å². The second kappa shape index (κ2) is 4.69. The Kier molecular flexibility index (Phi) is 3.47. The van der Waals surface area contributed by atoms with E-state index >= 15 is 0 Å². The Hall–Kier alpha value is -0.650. The monoisotopic (exact) mass is 241 g/mol. The standard InChI is InChI=1S/C11H19N3OS/c1-11(15-2)4-3-5-14(8-11)6-9-7-16-10(12)13-9/h7H,3-6,8H2,1-2H3,(H2,12,13). The second-order valence-corrected chi connectivity index (χ2v) is 5.54. The molecule has 0 radical (unpaired) electrons. The maximum Gasteiger partial charge on any atom is 0.180 e. The number of nitrogens with zero attached hydrogens (tertiary/aromatic N) is 2. The summed E-state index contributed by atoms with van der Waals surface area (Å²) in [5, 5.41) is 2.69. The van der Waals surface area contributed by atoms with Gasteiger partial charge in [0.2, 0.25) is 0 Å². The van der Waals surface area contributed by atoms with E-state index in [9.17, 15) is 0 Å². The predicted molar refractivity (Wildman–Crippen MR) is 66.5 cm³/mol. The maximum absolute atomic E-state index is 5.63. The van der Waals surface area contributed by atoms with Crippen molar-refractivity contribution in [3.63, 3.8) is 0 Å². The van der Waals surface area contributed by atoms with Crippen molar-refractivity contribution in [2.24, 2.45) is 0 Å². The van der Waals surface area contributed by atoms with Gasteiger partial charge in [-0.15, -0.1) is 11.3 Å². The number of anilines is 1. The van der Waals surface area contributed by atoms with Crippen LogP contribution in [0.3, 0.4) is 0 Å². The van der Waals surface area contributed by atoms with E-state index in [0.29, 0.717) is 5.13 Å². The summed E-state index contributed by atoms with van der Waals surface area (Å²) in [5.74, 6) is 0. The SMILES string of the molecule is COC1(C)CCCN(Cc2csc(N)n2)C1. The minimum Gasteiger partial charge on any atom is -0.377 e. The van der Waals surface area contributed by atoms with Gasteiger partial charge in [-0.3, -0.25) is 4.90 Å². The average Bonchev–Trinajstić information content (AvgIpc) is 2.64. The van der Waals surface area contributed by atoms with Crippen molar-refractivity contribution in [3.8, 4) is 0 Å². The summed E-state index contributed by atoms with van der Waals surface area (Å²) >= 11 is 1.51. The third-order valence-electron chi connectivity index (χ3n) is 3.19. The molecule has 1 unspecified atom stereocenters. The Morgan fingerprint density at radius 2 is 2.50 bits per heavy atom. The Labute approximate surface area is 100 Å². The highest BCUT2D eigenvalue weighted by atomic mass is 32.1. The Morgan fingerprint density at radius 1 is 1.69 bits per heavy atom. The Bertz CT molecular complexity index is 355. The molecule has 0 bridgehead atoms. The smallest absolute Gasteiger partial charge is 0.180 e. The maximum atomic E-state index is 5.63. The van der Waals surface area contributed by atoms with E-state index in [1.165, 1.54) is 17.8 Å². The molecule has 4 nitrogen and oxygen atoms in total. The molecule has 0 saturated carbocycles. The molecule has 2 rings (SSSR count).